The Kier molecular flexibility index (Phi) is 2.86. The van der Waals surface area contributed by atoms with Crippen molar-refractivity contribution in [3.63, 3.8) is 0 Å². The van der Waals surface area contributed by atoms with Crippen LogP contribution in [0, 0.1) is 0 Å². The molecule has 1 fully saturated rings. The minimum absolute atomic E-state index is 0.133. The van der Waals surface area contributed by atoms with Gasteiger partial charge in [0, 0.05) is 25.7 Å². The van der Waals surface area contributed by atoms with Crippen LogP contribution in [-0.4, -0.2) is 52.7 Å². The summed E-state index contributed by atoms with van der Waals surface area (Å²) in [7, 11) is 0. The molecule has 0 bridgehead atoms. The van der Waals surface area contributed by atoms with Crippen LogP contribution in [0.3, 0.4) is 0 Å². The van der Waals surface area contributed by atoms with E-state index in [9.17, 15) is 9.59 Å². The molecule has 7 nitrogen and oxygen atoms in total. The van der Waals surface area contributed by atoms with Crippen molar-refractivity contribution in [1.82, 2.24) is 15.4 Å². The van der Waals surface area contributed by atoms with Crippen molar-refractivity contribution in [1.29, 1.82) is 0 Å². The Morgan fingerprint density at radius 1 is 1.62 bits per heavy atom. The standard InChI is InChI=1S/C9H11N3O4/c13-8(6-1-4-16-11-6)12-3-2-10-5-7(12)9(14)15/h1,4,7,10H,2-3,5H2,(H,14,15). The molecule has 2 N–H and O–H groups in total. The molecule has 2 rings (SSSR count). The van der Waals surface area contributed by atoms with Crippen LogP contribution in [0.5, 0.6) is 0 Å². The molecule has 1 saturated heterocycles. The quantitative estimate of drug-likeness (QED) is 0.682. The predicted octanol–water partition coefficient (Wildman–Crippen LogP) is -0.827. The van der Waals surface area contributed by atoms with Crippen molar-refractivity contribution in [2.75, 3.05) is 19.6 Å². The van der Waals surface area contributed by atoms with E-state index in [1.165, 1.54) is 17.2 Å². The number of carboxylic acids is 1. The number of carbonyl (C=O) groups is 2. The maximum atomic E-state index is 11.9. The third-order valence-electron chi connectivity index (χ3n) is 2.45. The normalized spacial score (nSPS) is 20.8. The van der Waals surface area contributed by atoms with Crippen molar-refractivity contribution in [2.45, 2.75) is 6.04 Å². The van der Waals surface area contributed by atoms with E-state index in [2.05, 4.69) is 15.0 Å². The maximum absolute atomic E-state index is 11.9. The van der Waals surface area contributed by atoms with Crippen molar-refractivity contribution < 1.29 is 19.2 Å². The number of hydrogen-bond acceptors (Lipinski definition) is 5. The predicted molar refractivity (Wildman–Crippen MR) is 51.8 cm³/mol. The molecule has 1 unspecified atom stereocenters. The molecule has 1 aliphatic heterocycles. The lowest BCUT2D eigenvalue weighted by Gasteiger charge is -2.32. The summed E-state index contributed by atoms with van der Waals surface area (Å²) in [5, 5.41) is 15.4. The van der Waals surface area contributed by atoms with Gasteiger partial charge in [0.05, 0.1) is 0 Å². The zero-order chi connectivity index (χ0) is 11.5. The molecule has 7 heteroatoms. The van der Waals surface area contributed by atoms with Gasteiger partial charge in [-0.3, -0.25) is 4.79 Å². The van der Waals surface area contributed by atoms with Crippen LogP contribution in [0.1, 0.15) is 10.5 Å². The number of carbonyl (C=O) groups excluding carboxylic acids is 1. The first-order valence-electron chi connectivity index (χ1n) is 4.85. The molecule has 1 amide bonds. The van der Waals surface area contributed by atoms with Gasteiger partial charge < -0.3 is 19.8 Å². The molecule has 0 radical (unpaired) electrons. The van der Waals surface area contributed by atoms with E-state index in [1.807, 2.05) is 0 Å². The van der Waals surface area contributed by atoms with E-state index in [0.717, 1.165) is 0 Å². The topological polar surface area (TPSA) is 95.7 Å². The zero-order valence-electron chi connectivity index (χ0n) is 8.42. The molecule has 1 aromatic heterocycles. The van der Waals surface area contributed by atoms with Crippen molar-refractivity contribution >= 4 is 11.9 Å². The Labute approximate surface area is 91.0 Å². The number of aliphatic carboxylic acids is 1. The highest BCUT2D eigenvalue weighted by atomic mass is 16.5. The van der Waals surface area contributed by atoms with Gasteiger partial charge in [0.25, 0.3) is 5.91 Å². The highest BCUT2D eigenvalue weighted by molar-refractivity contribution is 5.95. The average molecular weight is 225 g/mol. The second kappa shape index (κ2) is 4.31. The molecule has 0 aromatic carbocycles. The van der Waals surface area contributed by atoms with Crippen molar-refractivity contribution in [2.24, 2.45) is 0 Å². The molecule has 1 atom stereocenters. The van der Waals surface area contributed by atoms with Gasteiger partial charge in [-0.2, -0.15) is 0 Å². The van der Waals surface area contributed by atoms with Crippen LogP contribution in [0.4, 0.5) is 0 Å². The fourth-order valence-electron chi connectivity index (χ4n) is 1.64. The van der Waals surface area contributed by atoms with Crippen LogP contribution < -0.4 is 5.32 Å². The molecule has 1 aliphatic rings. The van der Waals surface area contributed by atoms with E-state index >= 15 is 0 Å². The molecule has 0 aliphatic carbocycles. The van der Waals surface area contributed by atoms with Gasteiger partial charge in [0.15, 0.2) is 5.69 Å². The molecule has 0 saturated carbocycles. The number of amides is 1. The Hall–Kier alpha value is -1.89. The Bertz CT molecular complexity index is 389. The molecule has 86 valence electrons. The summed E-state index contributed by atoms with van der Waals surface area (Å²) in [4.78, 5) is 24.1. The fourth-order valence-corrected chi connectivity index (χ4v) is 1.64. The molecule has 0 spiro atoms. The van der Waals surface area contributed by atoms with Crippen molar-refractivity contribution in [3.8, 4) is 0 Å². The summed E-state index contributed by atoms with van der Waals surface area (Å²) >= 11 is 0. The lowest BCUT2D eigenvalue weighted by atomic mass is 10.2. The average Bonchev–Trinajstić information content (AvgIpc) is 2.81. The first-order chi connectivity index (χ1) is 7.70. The smallest absolute Gasteiger partial charge is 0.327 e. The summed E-state index contributed by atoms with van der Waals surface area (Å²) < 4.78 is 4.56. The number of aromatic nitrogens is 1. The summed E-state index contributed by atoms with van der Waals surface area (Å²) in [6.45, 7) is 1.18. The summed E-state index contributed by atoms with van der Waals surface area (Å²) in [5.41, 5.74) is 0.133. The van der Waals surface area contributed by atoms with Gasteiger partial charge in [0.1, 0.15) is 12.3 Å². The lowest BCUT2D eigenvalue weighted by Crippen LogP contribution is -2.57. The number of nitrogens with one attached hydrogen (secondary N) is 1. The van der Waals surface area contributed by atoms with Gasteiger partial charge in [-0.25, -0.2) is 4.79 Å². The van der Waals surface area contributed by atoms with Gasteiger partial charge in [0.2, 0.25) is 0 Å². The van der Waals surface area contributed by atoms with Crippen LogP contribution >= 0.6 is 0 Å². The Balaban J connectivity index is 2.17. The third-order valence-corrected chi connectivity index (χ3v) is 2.45. The Morgan fingerprint density at radius 2 is 2.44 bits per heavy atom. The van der Waals surface area contributed by atoms with E-state index in [4.69, 9.17) is 5.11 Å². The summed E-state index contributed by atoms with van der Waals surface area (Å²) in [6, 6.07) is 0.571. The van der Waals surface area contributed by atoms with E-state index in [0.29, 0.717) is 13.1 Å². The second-order valence-electron chi connectivity index (χ2n) is 3.44. The molecule has 1 aromatic rings. The largest absolute Gasteiger partial charge is 0.480 e. The highest BCUT2D eigenvalue weighted by Crippen LogP contribution is 2.09. The lowest BCUT2D eigenvalue weighted by molar-refractivity contribution is -0.142. The second-order valence-corrected chi connectivity index (χ2v) is 3.44. The summed E-state index contributed by atoms with van der Waals surface area (Å²) in [6.07, 6.45) is 1.28. The number of nitrogens with zero attached hydrogens (tertiary/aromatic N) is 2. The first-order valence-corrected chi connectivity index (χ1v) is 4.85. The van der Waals surface area contributed by atoms with E-state index < -0.39 is 17.9 Å². The van der Waals surface area contributed by atoms with Crippen LogP contribution in [0.2, 0.25) is 0 Å². The third kappa shape index (κ3) is 1.89. The fraction of sp³-hybridized carbons (Fsp3) is 0.444. The monoisotopic (exact) mass is 225 g/mol. The van der Waals surface area contributed by atoms with Gasteiger partial charge in [-0.1, -0.05) is 5.16 Å². The highest BCUT2D eigenvalue weighted by Gasteiger charge is 2.33. The number of rotatable bonds is 2. The number of hydrogen-bond donors (Lipinski definition) is 2. The SMILES string of the molecule is O=C(O)C1CNCCN1C(=O)c1ccon1. The van der Waals surface area contributed by atoms with E-state index in [-0.39, 0.29) is 12.2 Å². The minimum atomic E-state index is -1.02. The van der Waals surface area contributed by atoms with E-state index in [1.54, 1.807) is 0 Å². The van der Waals surface area contributed by atoms with Gasteiger partial charge in [-0.05, 0) is 0 Å². The van der Waals surface area contributed by atoms with Crippen molar-refractivity contribution in [3.05, 3.63) is 18.0 Å². The number of piperazine rings is 1. The first kappa shape index (κ1) is 10.6. The van der Waals surface area contributed by atoms with Crippen LogP contribution in [-0.2, 0) is 4.79 Å². The summed E-state index contributed by atoms with van der Waals surface area (Å²) in [5.74, 6) is -1.44. The zero-order valence-corrected chi connectivity index (χ0v) is 8.42. The number of carboxylic acid groups (broad SMARTS) is 1. The maximum Gasteiger partial charge on any atom is 0.327 e. The van der Waals surface area contributed by atoms with Crippen LogP contribution in [0.25, 0.3) is 0 Å². The molecule has 16 heavy (non-hydrogen) atoms. The van der Waals surface area contributed by atoms with Gasteiger partial charge in [-0.15, -0.1) is 0 Å². The molecular weight excluding hydrogens is 214 g/mol. The van der Waals surface area contributed by atoms with Crippen LogP contribution in [0.15, 0.2) is 16.9 Å². The molecule has 2 heterocycles. The Morgan fingerprint density at radius 3 is 3.06 bits per heavy atom. The minimum Gasteiger partial charge on any atom is -0.480 e. The van der Waals surface area contributed by atoms with Gasteiger partial charge >= 0.3 is 5.97 Å². The molecular formula is C9H11N3O4.